The summed E-state index contributed by atoms with van der Waals surface area (Å²) in [5.41, 5.74) is 3.98. The number of amides is 2. The Morgan fingerprint density at radius 3 is 2.43 bits per heavy atom. The number of thiazole rings is 1. The number of piperazine rings is 1. The van der Waals surface area contributed by atoms with Gasteiger partial charge in [-0.1, -0.05) is 18.2 Å². The van der Waals surface area contributed by atoms with Gasteiger partial charge in [0, 0.05) is 56.3 Å². The van der Waals surface area contributed by atoms with Crippen LogP contribution in [0.5, 0.6) is 0 Å². The van der Waals surface area contributed by atoms with Crippen LogP contribution in [0, 0.1) is 0 Å². The summed E-state index contributed by atoms with van der Waals surface area (Å²) < 4.78 is 45.0. The van der Waals surface area contributed by atoms with Crippen LogP contribution in [0.2, 0.25) is 0 Å². The molecule has 0 saturated carbocycles. The van der Waals surface area contributed by atoms with E-state index >= 15 is 0 Å². The Balaban J connectivity index is 1.37. The number of nitrogens with two attached hydrogens (primary N) is 1. The fraction of sp³-hybridized carbons (Fsp3) is 0.522. The molecule has 2 fully saturated rings. The lowest BCUT2D eigenvalue weighted by Crippen LogP contribution is -2.53. The molecule has 0 radical (unpaired) electrons. The summed E-state index contributed by atoms with van der Waals surface area (Å²) >= 11 is 1.59. The van der Waals surface area contributed by atoms with Crippen molar-refractivity contribution in [2.45, 2.75) is 24.4 Å². The largest absolute Gasteiger partial charge is 0.449 e. The zero-order valence-corrected chi connectivity index (χ0v) is 20.0. The average Bonchev–Trinajstić information content (AvgIpc) is 3.38. The maximum atomic E-state index is 13.3. The molecule has 4 rings (SSSR count). The molecule has 1 aromatic heterocycles. The maximum Gasteiger partial charge on any atom is 0.416 e. The number of alkyl halides is 3. The van der Waals surface area contributed by atoms with E-state index in [0.717, 1.165) is 43.4 Å². The van der Waals surface area contributed by atoms with Gasteiger partial charge in [0.2, 0.25) is 5.91 Å². The van der Waals surface area contributed by atoms with Gasteiger partial charge < -0.3 is 20.3 Å². The summed E-state index contributed by atoms with van der Waals surface area (Å²) in [5.74, 6) is -0.0128. The summed E-state index contributed by atoms with van der Waals surface area (Å²) in [5, 5.41) is 2.92. The summed E-state index contributed by atoms with van der Waals surface area (Å²) in [7, 11) is 0. The summed E-state index contributed by atoms with van der Waals surface area (Å²) in [6.45, 7) is 3.96. The van der Waals surface area contributed by atoms with E-state index in [0.29, 0.717) is 38.0 Å². The number of benzene rings is 1. The van der Waals surface area contributed by atoms with E-state index in [4.69, 9.17) is 10.5 Å². The van der Waals surface area contributed by atoms with Crippen LogP contribution in [0.1, 0.15) is 24.0 Å². The fourth-order valence-corrected chi connectivity index (χ4v) is 5.39. The molecule has 0 unspecified atom stereocenters. The fourth-order valence-electron chi connectivity index (χ4n) is 4.70. The summed E-state index contributed by atoms with van der Waals surface area (Å²) in [6.07, 6.45) is -2.95. The lowest BCUT2D eigenvalue weighted by Gasteiger charge is -2.42. The van der Waals surface area contributed by atoms with Gasteiger partial charge in [-0.3, -0.25) is 9.69 Å². The van der Waals surface area contributed by atoms with E-state index in [-0.39, 0.29) is 12.5 Å². The third-order valence-electron chi connectivity index (χ3n) is 6.79. The molecule has 0 spiro atoms. The zero-order chi connectivity index (χ0) is 25.1. The van der Waals surface area contributed by atoms with E-state index in [9.17, 15) is 22.8 Å². The Hall–Kier alpha value is -2.86. The second-order valence-electron chi connectivity index (χ2n) is 8.93. The lowest BCUT2D eigenvalue weighted by molar-refractivity contribution is -0.137. The molecule has 2 aromatic rings. The van der Waals surface area contributed by atoms with Crippen molar-refractivity contribution in [3.63, 3.8) is 0 Å². The molecule has 3 heterocycles. The smallest absolute Gasteiger partial charge is 0.416 e. The Morgan fingerprint density at radius 2 is 1.83 bits per heavy atom. The Morgan fingerprint density at radius 1 is 1.11 bits per heavy atom. The molecule has 8 nitrogen and oxygen atoms in total. The van der Waals surface area contributed by atoms with Gasteiger partial charge in [0.15, 0.2) is 5.13 Å². The molecule has 2 amide bonds. The van der Waals surface area contributed by atoms with Gasteiger partial charge in [-0.25, -0.2) is 9.78 Å². The molecule has 12 heteroatoms. The predicted octanol–water partition coefficient (Wildman–Crippen LogP) is 2.94. The quantitative estimate of drug-likeness (QED) is 0.641. The highest BCUT2D eigenvalue weighted by Gasteiger charge is 2.40. The van der Waals surface area contributed by atoms with Gasteiger partial charge in [0.1, 0.15) is 6.61 Å². The van der Waals surface area contributed by atoms with Crippen molar-refractivity contribution in [1.82, 2.24) is 14.8 Å². The number of ether oxygens (including phenoxy) is 1. The first kappa shape index (κ1) is 25.2. The van der Waals surface area contributed by atoms with Crippen LogP contribution in [0.3, 0.4) is 0 Å². The lowest BCUT2D eigenvalue weighted by atomic mass is 9.73. The number of primary amides is 1. The first-order valence-electron chi connectivity index (χ1n) is 11.4. The number of rotatable bonds is 6. The number of hydrogen-bond acceptors (Lipinski definition) is 7. The summed E-state index contributed by atoms with van der Waals surface area (Å²) in [6, 6.07) is 5.08. The molecule has 1 aromatic carbocycles. The second-order valence-corrected chi connectivity index (χ2v) is 9.80. The van der Waals surface area contributed by atoms with Gasteiger partial charge in [-0.05, 0) is 24.5 Å². The standard InChI is InChI=1S/C23H28F3N5O3S/c24-23(25,26)18-3-1-2-17(14-18)22(16-34-20(27)33)4-7-30(8-5-22)19(32)15-29-9-11-31(12-10-29)21-28-6-13-35-21/h1-3,6,13-14H,4-5,7-12,15-16H2,(H2,27,33). The van der Waals surface area contributed by atoms with Gasteiger partial charge in [-0.2, -0.15) is 13.2 Å². The third kappa shape index (κ3) is 6.04. The van der Waals surface area contributed by atoms with Gasteiger partial charge >= 0.3 is 12.3 Å². The topological polar surface area (TPSA) is 92.0 Å². The first-order chi connectivity index (χ1) is 16.7. The highest BCUT2D eigenvalue weighted by molar-refractivity contribution is 7.13. The highest BCUT2D eigenvalue weighted by Crippen LogP contribution is 2.39. The molecule has 2 saturated heterocycles. The van der Waals surface area contributed by atoms with Crippen LogP contribution in [0.25, 0.3) is 0 Å². The third-order valence-corrected chi connectivity index (χ3v) is 7.62. The maximum absolute atomic E-state index is 13.3. The molecule has 2 aliphatic rings. The number of anilines is 1. The number of hydrogen-bond donors (Lipinski definition) is 1. The molecular formula is C23H28F3N5O3S. The van der Waals surface area contributed by atoms with E-state index < -0.39 is 23.2 Å². The number of nitrogens with zero attached hydrogens (tertiary/aromatic N) is 4. The van der Waals surface area contributed by atoms with Crippen LogP contribution < -0.4 is 10.6 Å². The molecule has 0 atom stereocenters. The molecule has 0 bridgehead atoms. The minimum Gasteiger partial charge on any atom is -0.449 e. The van der Waals surface area contributed by atoms with Crippen LogP contribution in [-0.2, 0) is 21.1 Å². The second kappa shape index (κ2) is 10.4. The van der Waals surface area contributed by atoms with Crippen LogP contribution >= 0.6 is 11.3 Å². The number of halogens is 3. The van der Waals surface area contributed by atoms with Crippen molar-refractivity contribution < 1.29 is 27.5 Å². The number of piperidine rings is 1. The van der Waals surface area contributed by atoms with Crippen LogP contribution in [-0.4, -0.2) is 79.2 Å². The van der Waals surface area contributed by atoms with Crippen LogP contribution in [0.4, 0.5) is 23.1 Å². The molecule has 0 aliphatic carbocycles. The number of carbonyl (C=O) groups excluding carboxylic acids is 2. The summed E-state index contributed by atoms with van der Waals surface area (Å²) in [4.78, 5) is 34.6. The van der Waals surface area contributed by atoms with Crippen molar-refractivity contribution in [2.75, 3.05) is 57.3 Å². The van der Waals surface area contributed by atoms with Crippen molar-refractivity contribution in [3.05, 3.63) is 47.0 Å². The van der Waals surface area contributed by atoms with Crippen LogP contribution in [0.15, 0.2) is 35.8 Å². The molecule has 2 N–H and O–H groups in total. The predicted molar refractivity (Wildman–Crippen MR) is 125 cm³/mol. The van der Waals surface area contributed by atoms with Gasteiger partial charge in [0.05, 0.1) is 12.1 Å². The minimum atomic E-state index is -4.48. The minimum absolute atomic E-state index is 0.0128. The average molecular weight is 512 g/mol. The van der Waals surface area contributed by atoms with Gasteiger partial charge in [0.25, 0.3) is 0 Å². The van der Waals surface area contributed by atoms with Crippen molar-refractivity contribution in [1.29, 1.82) is 0 Å². The molecular weight excluding hydrogens is 483 g/mol. The van der Waals surface area contributed by atoms with E-state index in [1.807, 2.05) is 5.38 Å². The normalized spacial score (nSPS) is 18.9. The molecule has 2 aliphatic heterocycles. The van der Waals surface area contributed by atoms with Crippen molar-refractivity contribution in [3.8, 4) is 0 Å². The molecule has 190 valence electrons. The Kier molecular flexibility index (Phi) is 7.50. The van der Waals surface area contributed by atoms with Crippen molar-refractivity contribution in [2.24, 2.45) is 5.73 Å². The molecule has 35 heavy (non-hydrogen) atoms. The van der Waals surface area contributed by atoms with E-state index in [1.165, 1.54) is 6.07 Å². The zero-order valence-electron chi connectivity index (χ0n) is 19.2. The van der Waals surface area contributed by atoms with E-state index in [1.54, 1.807) is 28.5 Å². The Labute approximate surface area is 205 Å². The highest BCUT2D eigenvalue weighted by atomic mass is 32.1. The number of carbonyl (C=O) groups is 2. The van der Waals surface area contributed by atoms with Crippen molar-refractivity contribution >= 4 is 28.5 Å². The number of aromatic nitrogens is 1. The first-order valence-corrected chi connectivity index (χ1v) is 12.3. The van der Waals surface area contributed by atoms with Gasteiger partial charge in [-0.15, -0.1) is 11.3 Å². The van der Waals surface area contributed by atoms with E-state index in [2.05, 4.69) is 14.8 Å². The Bertz CT molecular complexity index is 1020. The number of likely N-dealkylation sites (tertiary alicyclic amines) is 1. The SMILES string of the molecule is NC(=O)OCC1(c2cccc(C(F)(F)F)c2)CCN(C(=O)CN2CCN(c3nccs3)CC2)CC1. The monoisotopic (exact) mass is 511 g/mol.